The fourth-order valence-corrected chi connectivity index (χ4v) is 5.21. The summed E-state index contributed by atoms with van der Waals surface area (Å²) in [7, 11) is 0. The number of nitrogens with zero attached hydrogens (tertiary/aromatic N) is 2. The lowest BCUT2D eigenvalue weighted by Gasteiger charge is -2.40. The van der Waals surface area contributed by atoms with Crippen molar-refractivity contribution in [3.63, 3.8) is 0 Å². The lowest BCUT2D eigenvalue weighted by molar-refractivity contribution is 0.0975. The highest BCUT2D eigenvalue weighted by Crippen LogP contribution is 2.47. The molecule has 1 amide bonds. The lowest BCUT2D eigenvalue weighted by atomic mass is 9.74. The van der Waals surface area contributed by atoms with Crippen LogP contribution in [0.4, 0.5) is 14.5 Å². The smallest absolute Gasteiger partial charge is 0.258 e. The maximum absolute atomic E-state index is 14.2. The fourth-order valence-electron chi connectivity index (χ4n) is 5.21. The normalized spacial score (nSPS) is 17.5. The van der Waals surface area contributed by atoms with Gasteiger partial charge >= 0.3 is 0 Å². The van der Waals surface area contributed by atoms with Crippen molar-refractivity contribution >= 4 is 11.6 Å². The van der Waals surface area contributed by atoms with E-state index < -0.39 is 0 Å². The number of amides is 1. The summed E-state index contributed by atoms with van der Waals surface area (Å²) in [4.78, 5) is 17.5. The lowest BCUT2D eigenvalue weighted by Crippen LogP contribution is -2.45. The molecule has 0 saturated carbocycles. The van der Waals surface area contributed by atoms with Gasteiger partial charge in [-0.05, 0) is 86.4 Å². The Morgan fingerprint density at radius 2 is 1.66 bits per heavy atom. The zero-order valence-electron chi connectivity index (χ0n) is 18.2. The quantitative estimate of drug-likeness (QED) is 0.548. The van der Waals surface area contributed by atoms with E-state index in [1.807, 2.05) is 0 Å². The largest absolute Gasteiger partial charge is 0.307 e. The monoisotopic (exact) mass is 432 g/mol. The molecule has 164 valence electrons. The van der Waals surface area contributed by atoms with Gasteiger partial charge in [0.15, 0.2) is 0 Å². The Hall–Kier alpha value is -3.05. The summed E-state index contributed by atoms with van der Waals surface area (Å²) < 4.78 is 27.6. The van der Waals surface area contributed by atoms with Crippen molar-refractivity contribution in [3.05, 3.63) is 101 Å². The third-order valence-electron chi connectivity index (χ3n) is 6.92. The van der Waals surface area contributed by atoms with Crippen LogP contribution in [-0.2, 0) is 12.0 Å². The molecule has 0 N–H and O–H groups in total. The number of hydrogen-bond donors (Lipinski definition) is 0. The van der Waals surface area contributed by atoms with Gasteiger partial charge in [0.05, 0.1) is 0 Å². The number of anilines is 1. The first-order valence-electron chi connectivity index (χ1n) is 11.1. The van der Waals surface area contributed by atoms with Crippen molar-refractivity contribution in [2.24, 2.45) is 0 Å². The zero-order chi connectivity index (χ0) is 22.3. The second-order valence-corrected chi connectivity index (χ2v) is 9.11. The highest BCUT2D eigenvalue weighted by atomic mass is 19.1. The zero-order valence-corrected chi connectivity index (χ0v) is 18.2. The van der Waals surface area contributed by atoms with Gasteiger partial charge in [-0.25, -0.2) is 8.78 Å². The van der Waals surface area contributed by atoms with Gasteiger partial charge in [0, 0.05) is 29.8 Å². The molecule has 5 heteroatoms. The maximum atomic E-state index is 14.2. The van der Waals surface area contributed by atoms with E-state index in [0.29, 0.717) is 12.1 Å². The van der Waals surface area contributed by atoms with E-state index in [9.17, 15) is 13.6 Å². The van der Waals surface area contributed by atoms with Crippen LogP contribution in [0.3, 0.4) is 0 Å². The first-order chi connectivity index (χ1) is 15.4. The molecule has 3 aromatic carbocycles. The third kappa shape index (κ3) is 3.82. The maximum Gasteiger partial charge on any atom is 0.258 e. The van der Waals surface area contributed by atoms with E-state index in [4.69, 9.17) is 0 Å². The molecule has 1 saturated heterocycles. The van der Waals surface area contributed by atoms with Crippen LogP contribution in [0.1, 0.15) is 39.9 Å². The summed E-state index contributed by atoms with van der Waals surface area (Å²) >= 11 is 0. The van der Waals surface area contributed by atoms with Crippen molar-refractivity contribution in [1.82, 2.24) is 4.90 Å². The molecule has 2 aliphatic heterocycles. The molecule has 32 heavy (non-hydrogen) atoms. The molecule has 0 aliphatic carbocycles. The number of carbonyl (C=O) groups is 1. The number of rotatable bonds is 3. The Labute approximate surface area is 187 Å². The molecular formula is C27H26F2N2O. The summed E-state index contributed by atoms with van der Waals surface area (Å²) in [6, 6.07) is 18.9. The Morgan fingerprint density at radius 1 is 0.938 bits per heavy atom. The van der Waals surface area contributed by atoms with E-state index >= 15 is 0 Å². The van der Waals surface area contributed by atoms with Crippen molar-refractivity contribution in [2.75, 3.05) is 24.5 Å². The van der Waals surface area contributed by atoms with Gasteiger partial charge in [0.2, 0.25) is 0 Å². The van der Waals surface area contributed by atoms with Gasteiger partial charge < -0.3 is 4.90 Å². The van der Waals surface area contributed by atoms with Gasteiger partial charge in [-0.2, -0.15) is 0 Å². The number of aryl methyl sites for hydroxylation is 1. The molecule has 0 atom stereocenters. The average molecular weight is 433 g/mol. The standard InChI is InChI=1S/C27H26F2N2O/c1-19-3-2-4-20(15-19)17-30-13-11-27(12-14-30)18-31(25-10-9-23(29)16-24(25)27)26(32)21-5-7-22(28)8-6-21/h2-10,15-16H,11-14,17-18H2,1H3. The molecule has 5 rings (SSSR count). The van der Waals surface area contributed by atoms with Crippen molar-refractivity contribution in [3.8, 4) is 0 Å². The van der Waals surface area contributed by atoms with Crippen LogP contribution in [-0.4, -0.2) is 30.4 Å². The molecule has 0 aromatic heterocycles. The molecule has 0 radical (unpaired) electrons. The van der Waals surface area contributed by atoms with Crippen LogP contribution in [0, 0.1) is 18.6 Å². The van der Waals surface area contributed by atoms with Crippen LogP contribution in [0.25, 0.3) is 0 Å². The number of halogens is 2. The van der Waals surface area contributed by atoms with E-state index in [1.165, 1.54) is 41.5 Å². The van der Waals surface area contributed by atoms with Gasteiger partial charge in [0.25, 0.3) is 5.91 Å². The molecule has 3 nitrogen and oxygen atoms in total. The van der Waals surface area contributed by atoms with Crippen LogP contribution >= 0.6 is 0 Å². The molecule has 1 fully saturated rings. The first kappa shape index (κ1) is 20.8. The molecule has 2 heterocycles. The predicted octanol–water partition coefficient (Wildman–Crippen LogP) is 5.47. The number of carbonyl (C=O) groups excluding carboxylic acids is 1. The summed E-state index contributed by atoms with van der Waals surface area (Å²) in [5.74, 6) is -0.818. The number of benzene rings is 3. The predicted molar refractivity (Wildman–Crippen MR) is 122 cm³/mol. The van der Waals surface area contributed by atoms with Gasteiger partial charge in [-0.3, -0.25) is 9.69 Å². The summed E-state index contributed by atoms with van der Waals surface area (Å²) in [5.41, 5.74) is 4.43. The van der Waals surface area contributed by atoms with E-state index in [1.54, 1.807) is 17.0 Å². The molecule has 0 bridgehead atoms. The van der Waals surface area contributed by atoms with Crippen LogP contribution < -0.4 is 4.90 Å². The molecule has 2 aliphatic rings. The highest BCUT2D eigenvalue weighted by Gasteiger charge is 2.46. The Balaban J connectivity index is 1.38. The van der Waals surface area contributed by atoms with E-state index in [-0.39, 0.29) is 23.0 Å². The molecule has 1 spiro atoms. The van der Waals surface area contributed by atoms with Gasteiger partial charge in [0.1, 0.15) is 11.6 Å². The van der Waals surface area contributed by atoms with Gasteiger partial charge in [-0.1, -0.05) is 29.8 Å². The minimum Gasteiger partial charge on any atom is -0.307 e. The van der Waals surface area contributed by atoms with Crippen molar-refractivity contribution < 1.29 is 13.6 Å². The number of hydrogen-bond acceptors (Lipinski definition) is 2. The topological polar surface area (TPSA) is 23.6 Å². The van der Waals surface area contributed by atoms with Crippen molar-refractivity contribution in [1.29, 1.82) is 0 Å². The molecular weight excluding hydrogens is 406 g/mol. The van der Waals surface area contributed by atoms with Crippen LogP contribution in [0.2, 0.25) is 0 Å². The Bertz CT molecular complexity index is 1150. The summed E-state index contributed by atoms with van der Waals surface area (Å²) in [5, 5.41) is 0. The number of likely N-dealkylation sites (tertiary alicyclic amines) is 1. The minimum absolute atomic E-state index is 0.170. The SMILES string of the molecule is Cc1cccc(CN2CCC3(CC2)CN(C(=O)c2ccc(F)cc2)c2ccc(F)cc23)c1. The second kappa shape index (κ2) is 8.14. The van der Waals surface area contributed by atoms with E-state index in [0.717, 1.165) is 43.7 Å². The Morgan fingerprint density at radius 3 is 2.38 bits per heavy atom. The first-order valence-corrected chi connectivity index (χ1v) is 11.1. The fraction of sp³-hybridized carbons (Fsp3) is 0.296. The highest BCUT2D eigenvalue weighted by molar-refractivity contribution is 6.07. The summed E-state index contributed by atoms with van der Waals surface area (Å²) in [6.07, 6.45) is 1.73. The average Bonchev–Trinajstić information content (AvgIpc) is 3.09. The van der Waals surface area contributed by atoms with E-state index in [2.05, 4.69) is 36.1 Å². The Kier molecular flexibility index (Phi) is 5.30. The van der Waals surface area contributed by atoms with Gasteiger partial charge in [-0.15, -0.1) is 0 Å². The molecule has 0 unspecified atom stereocenters. The number of fused-ring (bicyclic) bond motifs is 2. The van der Waals surface area contributed by atoms with Crippen molar-refractivity contribution in [2.45, 2.75) is 31.7 Å². The third-order valence-corrected chi connectivity index (χ3v) is 6.92. The minimum atomic E-state index is -0.372. The van der Waals surface area contributed by atoms with Crippen LogP contribution in [0.5, 0.6) is 0 Å². The summed E-state index contributed by atoms with van der Waals surface area (Å²) in [6.45, 7) is 5.31. The molecule has 3 aromatic rings. The van der Waals surface area contributed by atoms with Crippen LogP contribution in [0.15, 0.2) is 66.7 Å². The number of piperidine rings is 1. The second-order valence-electron chi connectivity index (χ2n) is 9.11.